The molecular formula is C7H20NO5P. The Morgan fingerprint density at radius 3 is 2.07 bits per heavy atom. The molecule has 0 aliphatic rings. The van der Waals surface area contributed by atoms with Crippen LogP contribution < -0.4 is 6.15 Å². The lowest BCUT2D eigenvalue weighted by Gasteiger charge is -2.17. The maximum atomic E-state index is 10.2. The van der Waals surface area contributed by atoms with E-state index in [0.29, 0.717) is 6.61 Å². The van der Waals surface area contributed by atoms with Gasteiger partial charge in [-0.15, -0.1) is 0 Å². The van der Waals surface area contributed by atoms with Crippen LogP contribution in [0, 0.1) is 5.41 Å². The molecule has 0 heterocycles. The molecule has 0 radical (unpaired) electrons. The largest absolute Gasteiger partial charge is 0.469 e. The molecule has 0 amide bonds. The predicted octanol–water partition coefficient (Wildman–Crippen LogP) is 1.32. The van der Waals surface area contributed by atoms with Crippen molar-refractivity contribution in [1.82, 2.24) is 6.15 Å². The van der Waals surface area contributed by atoms with Gasteiger partial charge in [-0.05, 0) is 5.41 Å². The van der Waals surface area contributed by atoms with Crippen molar-refractivity contribution in [2.24, 2.45) is 5.41 Å². The number of hydrogen-bond acceptors (Lipinski definition) is 4. The SMILES string of the molecule is CC(C)(C)COCCOP(=O)(O)O.N. The van der Waals surface area contributed by atoms with Crippen LogP contribution in [0.25, 0.3) is 0 Å². The Hall–Kier alpha value is 0.0300. The van der Waals surface area contributed by atoms with Crippen LogP contribution in [0.3, 0.4) is 0 Å². The van der Waals surface area contributed by atoms with Gasteiger partial charge in [-0.25, -0.2) is 4.57 Å². The maximum absolute atomic E-state index is 10.2. The van der Waals surface area contributed by atoms with Crippen molar-refractivity contribution in [2.45, 2.75) is 20.8 Å². The van der Waals surface area contributed by atoms with E-state index in [0.717, 1.165) is 0 Å². The fourth-order valence-corrected chi connectivity index (χ4v) is 0.906. The molecule has 0 saturated carbocycles. The Morgan fingerprint density at radius 2 is 1.71 bits per heavy atom. The molecule has 7 heteroatoms. The zero-order chi connectivity index (χ0) is 10.5. The highest BCUT2D eigenvalue weighted by Gasteiger charge is 2.14. The van der Waals surface area contributed by atoms with Gasteiger partial charge in [0.2, 0.25) is 0 Å². The molecule has 14 heavy (non-hydrogen) atoms. The normalized spacial score (nSPS) is 12.4. The van der Waals surface area contributed by atoms with E-state index < -0.39 is 7.82 Å². The molecule has 88 valence electrons. The summed E-state index contributed by atoms with van der Waals surface area (Å²) in [6, 6.07) is 0. The maximum Gasteiger partial charge on any atom is 0.469 e. The Balaban J connectivity index is 0. The van der Waals surface area contributed by atoms with Gasteiger partial charge in [0.1, 0.15) is 0 Å². The van der Waals surface area contributed by atoms with Crippen molar-refractivity contribution in [3.8, 4) is 0 Å². The topological polar surface area (TPSA) is 111 Å². The van der Waals surface area contributed by atoms with Gasteiger partial charge in [0.15, 0.2) is 0 Å². The first-order chi connectivity index (χ1) is 5.71. The molecule has 5 N–H and O–H groups in total. The minimum Gasteiger partial charge on any atom is -0.378 e. The molecule has 0 spiro atoms. The molecule has 0 fully saturated rings. The molecule has 0 bridgehead atoms. The Labute approximate surface area is 84.4 Å². The van der Waals surface area contributed by atoms with Gasteiger partial charge in [0, 0.05) is 0 Å². The highest BCUT2D eigenvalue weighted by molar-refractivity contribution is 7.46. The van der Waals surface area contributed by atoms with Crippen molar-refractivity contribution in [1.29, 1.82) is 0 Å². The van der Waals surface area contributed by atoms with Gasteiger partial charge in [-0.3, -0.25) is 4.52 Å². The molecule has 0 aliphatic carbocycles. The van der Waals surface area contributed by atoms with Gasteiger partial charge in [0.05, 0.1) is 19.8 Å². The lowest BCUT2D eigenvalue weighted by atomic mass is 9.99. The van der Waals surface area contributed by atoms with E-state index in [2.05, 4.69) is 4.52 Å². The second kappa shape index (κ2) is 6.50. The molecule has 0 aliphatic heterocycles. The Kier molecular flexibility index (Phi) is 7.64. The molecule has 0 rings (SSSR count). The van der Waals surface area contributed by atoms with E-state index in [1.54, 1.807) is 0 Å². The summed E-state index contributed by atoms with van der Waals surface area (Å²) in [5.41, 5.74) is 0.0577. The van der Waals surface area contributed by atoms with Crippen molar-refractivity contribution < 1.29 is 23.6 Å². The van der Waals surface area contributed by atoms with E-state index >= 15 is 0 Å². The van der Waals surface area contributed by atoms with Gasteiger partial charge < -0.3 is 20.7 Å². The summed E-state index contributed by atoms with van der Waals surface area (Å²) in [5, 5.41) is 0. The fourth-order valence-electron chi connectivity index (χ4n) is 0.593. The average molecular weight is 229 g/mol. The van der Waals surface area contributed by atoms with Crippen molar-refractivity contribution in [2.75, 3.05) is 19.8 Å². The van der Waals surface area contributed by atoms with Crippen LogP contribution in [-0.2, 0) is 13.8 Å². The van der Waals surface area contributed by atoms with Crippen LogP contribution in [0.1, 0.15) is 20.8 Å². The molecule has 0 atom stereocenters. The zero-order valence-electron chi connectivity index (χ0n) is 8.89. The van der Waals surface area contributed by atoms with E-state index in [1.807, 2.05) is 20.8 Å². The number of ether oxygens (including phenoxy) is 1. The number of phosphoric acid groups is 1. The predicted molar refractivity (Wildman–Crippen MR) is 53.3 cm³/mol. The third-order valence-electron chi connectivity index (χ3n) is 1.02. The minimum atomic E-state index is -4.33. The van der Waals surface area contributed by atoms with Crippen molar-refractivity contribution in [3.63, 3.8) is 0 Å². The summed E-state index contributed by atoms with van der Waals surface area (Å²) in [6.45, 7) is 6.69. The Bertz CT molecular complexity index is 185. The fraction of sp³-hybridized carbons (Fsp3) is 1.00. The minimum absolute atomic E-state index is 0. The highest BCUT2D eigenvalue weighted by Crippen LogP contribution is 2.35. The quantitative estimate of drug-likeness (QED) is 0.484. The van der Waals surface area contributed by atoms with E-state index in [4.69, 9.17) is 14.5 Å². The van der Waals surface area contributed by atoms with Gasteiger partial charge in [-0.1, -0.05) is 20.8 Å². The first-order valence-corrected chi connectivity index (χ1v) is 5.52. The first kappa shape index (κ1) is 16.5. The summed E-state index contributed by atoms with van der Waals surface area (Å²) in [6.07, 6.45) is 0. The average Bonchev–Trinajstić information content (AvgIpc) is 1.81. The number of hydrogen-bond donors (Lipinski definition) is 3. The Morgan fingerprint density at radius 1 is 1.21 bits per heavy atom. The van der Waals surface area contributed by atoms with Gasteiger partial charge in [-0.2, -0.15) is 0 Å². The lowest BCUT2D eigenvalue weighted by molar-refractivity contribution is 0.0444. The smallest absolute Gasteiger partial charge is 0.378 e. The van der Waals surface area contributed by atoms with Crippen LogP contribution in [-0.4, -0.2) is 29.6 Å². The van der Waals surface area contributed by atoms with Crippen LogP contribution in [0.2, 0.25) is 0 Å². The van der Waals surface area contributed by atoms with Crippen molar-refractivity contribution >= 4 is 7.82 Å². The second-order valence-corrected chi connectivity index (χ2v) is 5.18. The zero-order valence-corrected chi connectivity index (χ0v) is 9.79. The van der Waals surface area contributed by atoms with Crippen LogP contribution in [0.4, 0.5) is 0 Å². The molecule has 0 aromatic carbocycles. The lowest BCUT2D eigenvalue weighted by Crippen LogP contribution is -2.16. The first-order valence-electron chi connectivity index (χ1n) is 3.98. The monoisotopic (exact) mass is 229 g/mol. The summed E-state index contributed by atoms with van der Waals surface area (Å²) in [4.78, 5) is 16.6. The summed E-state index contributed by atoms with van der Waals surface area (Å²) in [7, 11) is -4.33. The third kappa shape index (κ3) is 14.5. The number of phosphoric ester groups is 1. The van der Waals surface area contributed by atoms with E-state index in [-0.39, 0.29) is 24.8 Å². The molecule has 0 aromatic heterocycles. The van der Waals surface area contributed by atoms with Crippen LogP contribution in [0.5, 0.6) is 0 Å². The molecule has 0 aromatic rings. The van der Waals surface area contributed by atoms with Crippen LogP contribution in [0.15, 0.2) is 0 Å². The molecule has 0 unspecified atom stereocenters. The third-order valence-corrected chi connectivity index (χ3v) is 1.54. The summed E-state index contributed by atoms with van der Waals surface area (Å²) in [5.74, 6) is 0. The highest BCUT2D eigenvalue weighted by atomic mass is 31.2. The molecule has 6 nitrogen and oxygen atoms in total. The molecular weight excluding hydrogens is 209 g/mol. The summed E-state index contributed by atoms with van der Waals surface area (Å²) < 4.78 is 19.5. The number of rotatable bonds is 5. The van der Waals surface area contributed by atoms with Gasteiger partial charge in [0.25, 0.3) is 0 Å². The standard InChI is InChI=1S/C7H17O5P.H3N/c1-7(2,3)6-11-4-5-12-13(8,9)10;/h4-6H2,1-3H3,(H2,8,9,10);1H3. The van der Waals surface area contributed by atoms with E-state index in [1.165, 1.54) is 0 Å². The second-order valence-electron chi connectivity index (χ2n) is 3.94. The summed E-state index contributed by atoms with van der Waals surface area (Å²) >= 11 is 0. The van der Waals surface area contributed by atoms with Gasteiger partial charge >= 0.3 is 7.82 Å². The van der Waals surface area contributed by atoms with Crippen LogP contribution >= 0.6 is 7.82 Å². The van der Waals surface area contributed by atoms with E-state index in [9.17, 15) is 4.57 Å². The van der Waals surface area contributed by atoms with Crippen molar-refractivity contribution in [3.05, 3.63) is 0 Å². The molecule has 0 saturated heterocycles.